The number of hydrogen-bond acceptors (Lipinski definition) is 5. The summed E-state index contributed by atoms with van der Waals surface area (Å²) in [5.41, 5.74) is 0.186. The lowest BCUT2D eigenvalue weighted by molar-refractivity contribution is -0.913. The summed E-state index contributed by atoms with van der Waals surface area (Å²) in [5, 5.41) is 0.338. The third-order valence-corrected chi connectivity index (χ3v) is 7.79. The summed E-state index contributed by atoms with van der Waals surface area (Å²) in [6, 6.07) is 15.3. The molecule has 0 saturated carbocycles. The summed E-state index contributed by atoms with van der Waals surface area (Å²) in [4.78, 5) is 27.8. The molecule has 226 valence electrons. The van der Waals surface area contributed by atoms with Crippen LogP contribution in [-0.4, -0.2) is 19.1 Å². The van der Waals surface area contributed by atoms with E-state index in [1.54, 1.807) is 12.1 Å². The predicted octanol–water partition coefficient (Wildman–Crippen LogP) is 7.39. The average molecular weight is 615 g/mol. The lowest BCUT2D eigenvalue weighted by Gasteiger charge is -2.20. The third-order valence-electron chi connectivity index (χ3n) is 7.54. The summed E-state index contributed by atoms with van der Waals surface area (Å²) in [6.45, 7) is 3.80. The maximum Gasteiger partial charge on any atom is 0.453 e. The van der Waals surface area contributed by atoms with Crippen molar-refractivity contribution in [1.29, 1.82) is 0 Å². The molecule has 1 fully saturated rings. The first-order chi connectivity index (χ1) is 20.6. The van der Waals surface area contributed by atoms with Crippen LogP contribution in [0.15, 0.2) is 69.9 Å². The number of benzene rings is 3. The van der Waals surface area contributed by atoms with Gasteiger partial charge in [-0.2, -0.15) is 13.2 Å². The monoisotopic (exact) mass is 614 g/mol. The molecule has 6 nitrogen and oxygen atoms in total. The van der Waals surface area contributed by atoms with E-state index in [1.807, 2.05) is 6.92 Å². The Balaban J connectivity index is 1.62. The molecular formula is C33H32ClF3NO5+. The fraction of sp³-hybridized carbons (Fsp3) is 0.333. The van der Waals surface area contributed by atoms with E-state index in [0.29, 0.717) is 5.02 Å². The van der Waals surface area contributed by atoms with Crippen molar-refractivity contribution in [3.8, 4) is 17.2 Å². The van der Waals surface area contributed by atoms with Crippen molar-refractivity contribution in [1.82, 2.24) is 0 Å². The third kappa shape index (κ3) is 7.22. The molecule has 5 rings (SSSR count). The first-order valence-corrected chi connectivity index (χ1v) is 14.8. The number of rotatable bonds is 8. The fourth-order valence-electron chi connectivity index (χ4n) is 5.35. The summed E-state index contributed by atoms with van der Waals surface area (Å²) in [5.74, 6) is -3.09. The number of alkyl halides is 3. The molecule has 3 aromatic carbocycles. The molecule has 4 aromatic rings. The van der Waals surface area contributed by atoms with Crippen molar-refractivity contribution in [2.75, 3.05) is 13.1 Å². The zero-order valence-electron chi connectivity index (χ0n) is 23.7. The first kappa shape index (κ1) is 30.6. The number of carbonyl (C=O) groups excluding carboxylic acids is 1. The topological polar surface area (TPSA) is 70.2 Å². The molecule has 2 heterocycles. The van der Waals surface area contributed by atoms with E-state index in [-0.39, 0.29) is 40.1 Å². The zero-order chi connectivity index (χ0) is 30.6. The van der Waals surface area contributed by atoms with E-state index in [1.165, 1.54) is 48.5 Å². The van der Waals surface area contributed by atoms with Gasteiger partial charge in [0, 0.05) is 5.02 Å². The molecule has 10 heteroatoms. The first-order valence-electron chi connectivity index (χ1n) is 14.4. The highest BCUT2D eigenvalue weighted by molar-refractivity contribution is 6.30. The van der Waals surface area contributed by atoms with Crippen LogP contribution in [0.1, 0.15) is 66.3 Å². The highest BCUT2D eigenvalue weighted by Gasteiger charge is 2.41. The Morgan fingerprint density at radius 1 is 0.953 bits per heavy atom. The molecule has 0 spiro atoms. The molecule has 0 atom stereocenters. The highest BCUT2D eigenvalue weighted by Crippen LogP contribution is 2.40. The van der Waals surface area contributed by atoms with Gasteiger partial charge in [0.05, 0.1) is 29.6 Å². The molecule has 0 amide bonds. The second kappa shape index (κ2) is 13.2. The minimum absolute atomic E-state index is 0.0284. The van der Waals surface area contributed by atoms with Gasteiger partial charge in [0.1, 0.15) is 18.0 Å². The molecule has 1 aromatic heterocycles. The maximum atomic E-state index is 14.4. The molecule has 1 N–H and O–H groups in total. The van der Waals surface area contributed by atoms with Crippen LogP contribution in [0.25, 0.3) is 11.0 Å². The molecule has 0 radical (unpaired) electrons. The van der Waals surface area contributed by atoms with Crippen molar-refractivity contribution in [3.05, 3.63) is 98.4 Å². The summed E-state index contributed by atoms with van der Waals surface area (Å²) in [6.07, 6.45) is 0.701. The van der Waals surface area contributed by atoms with Crippen LogP contribution in [0.2, 0.25) is 5.02 Å². The van der Waals surface area contributed by atoms with Gasteiger partial charge in [0.25, 0.3) is 5.76 Å². The number of halogens is 4. The Bertz CT molecular complexity index is 1640. The van der Waals surface area contributed by atoms with Crippen molar-refractivity contribution in [2.45, 2.75) is 58.2 Å². The van der Waals surface area contributed by atoms with E-state index < -0.39 is 29.1 Å². The quantitative estimate of drug-likeness (QED) is 0.166. The smallest absolute Gasteiger partial charge is 0.449 e. The highest BCUT2D eigenvalue weighted by atomic mass is 35.5. The number of carbonyl (C=O) groups is 1. The Morgan fingerprint density at radius 2 is 1.63 bits per heavy atom. The number of fused-ring (bicyclic) bond motifs is 1. The van der Waals surface area contributed by atoms with E-state index in [9.17, 15) is 22.8 Å². The molecular weight excluding hydrogens is 583 g/mol. The second-order valence-corrected chi connectivity index (χ2v) is 11.2. The number of likely N-dealkylation sites (tertiary alicyclic amines) is 1. The van der Waals surface area contributed by atoms with E-state index >= 15 is 0 Å². The summed E-state index contributed by atoms with van der Waals surface area (Å²) < 4.78 is 60.1. The summed E-state index contributed by atoms with van der Waals surface area (Å²) >= 11 is 5.94. The standard InChI is InChI=1S/C33H31ClF3NO5/c1-2-7-21-8-14-24(15-9-21)41-30-28(39)25-16-17-27(42-32(40)22-10-12-23(34)13-11-22)26(20-38-18-5-3-4-6-19-38)29(25)43-31(30)33(35,36)37/h8-17H,2-7,18-20H2,1H3/p+1. The van der Waals surface area contributed by atoms with Gasteiger partial charge in [-0.15, -0.1) is 0 Å². The SMILES string of the molecule is CCCc1ccc(Oc2c(C(F)(F)F)oc3c(C[NH+]4CCCCCC4)c(OC(=O)c4ccc(Cl)cc4)ccc3c2=O)cc1. The summed E-state index contributed by atoms with van der Waals surface area (Å²) in [7, 11) is 0. The van der Waals surface area contributed by atoms with Gasteiger partial charge in [-0.05, 0) is 86.2 Å². The van der Waals surface area contributed by atoms with Gasteiger partial charge in [0.15, 0.2) is 5.58 Å². The number of hydrogen-bond donors (Lipinski definition) is 1. The Morgan fingerprint density at radius 3 is 2.26 bits per heavy atom. The van der Waals surface area contributed by atoms with Gasteiger partial charge in [-0.3, -0.25) is 4.79 Å². The Hall–Kier alpha value is -3.82. The number of quaternary nitrogens is 1. The van der Waals surface area contributed by atoms with Gasteiger partial charge in [-0.25, -0.2) is 4.79 Å². The molecule has 0 aliphatic carbocycles. The van der Waals surface area contributed by atoms with E-state index in [0.717, 1.165) is 62.1 Å². The van der Waals surface area contributed by atoms with Gasteiger partial charge in [0.2, 0.25) is 11.2 Å². The van der Waals surface area contributed by atoms with Crippen LogP contribution >= 0.6 is 11.6 Å². The van der Waals surface area contributed by atoms with Crippen LogP contribution in [0.4, 0.5) is 13.2 Å². The average Bonchev–Trinajstić information content (AvgIpc) is 3.25. The normalized spacial score (nSPS) is 14.4. The van der Waals surface area contributed by atoms with Crippen molar-refractivity contribution < 1.29 is 36.8 Å². The number of nitrogens with one attached hydrogen (secondary N) is 1. The van der Waals surface area contributed by atoms with Crippen molar-refractivity contribution in [3.63, 3.8) is 0 Å². The molecule has 0 unspecified atom stereocenters. The predicted molar refractivity (Wildman–Crippen MR) is 157 cm³/mol. The van der Waals surface area contributed by atoms with Crippen LogP contribution in [0.5, 0.6) is 17.2 Å². The minimum atomic E-state index is -5.03. The molecule has 1 saturated heterocycles. The lowest BCUT2D eigenvalue weighted by Crippen LogP contribution is -3.10. The zero-order valence-corrected chi connectivity index (χ0v) is 24.4. The van der Waals surface area contributed by atoms with Crippen LogP contribution < -0.4 is 19.8 Å². The van der Waals surface area contributed by atoms with Crippen molar-refractivity contribution in [2.24, 2.45) is 0 Å². The Labute approximate surface area is 252 Å². The molecule has 43 heavy (non-hydrogen) atoms. The largest absolute Gasteiger partial charge is 0.453 e. The lowest BCUT2D eigenvalue weighted by atomic mass is 10.1. The van der Waals surface area contributed by atoms with Crippen LogP contribution in [0.3, 0.4) is 0 Å². The van der Waals surface area contributed by atoms with Crippen molar-refractivity contribution >= 4 is 28.5 Å². The maximum absolute atomic E-state index is 14.4. The number of aryl methyl sites for hydroxylation is 1. The molecule has 0 bridgehead atoms. The second-order valence-electron chi connectivity index (χ2n) is 10.7. The fourth-order valence-corrected chi connectivity index (χ4v) is 5.48. The minimum Gasteiger partial charge on any atom is -0.449 e. The number of esters is 1. The van der Waals surface area contributed by atoms with Crippen LogP contribution in [-0.2, 0) is 19.1 Å². The van der Waals surface area contributed by atoms with Gasteiger partial charge < -0.3 is 18.8 Å². The molecule has 1 aliphatic heterocycles. The van der Waals surface area contributed by atoms with Gasteiger partial charge >= 0.3 is 12.1 Å². The Kier molecular flexibility index (Phi) is 9.42. The van der Waals surface area contributed by atoms with E-state index in [4.69, 9.17) is 25.5 Å². The van der Waals surface area contributed by atoms with Crippen LogP contribution in [0, 0.1) is 0 Å². The van der Waals surface area contributed by atoms with E-state index in [2.05, 4.69) is 0 Å². The van der Waals surface area contributed by atoms with Gasteiger partial charge in [-0.1, -0.05) is 37.1 Å². The number of ether oxygens (including phenoxy) is 2. The molecule has 1 aliphatic rings.